The SMILES string of the molecule is COc1ccccc1-c1cc(C)ncc1C(=O)Nc1nc2c(s1)CN(C(=O)[C@@H]1CCOC1)C2. The minimum absolute atomic E-state index is 0.0550. The van der Waals surface area contributed by atoms with E-state index >= 15 is 0 Å². The molecule has 0 unspecified atom stereocenters. The van der Waals surface area contributed by atoms with Crippen molar-refractivity contribution < 1.29 is 19.1 Å². The van der Waals surface area contributed by atoms with Gasteiger partial charge >= 0.3 is 0 Å². The van der Waals surface area contributed by atoms with Crippen molar-refractivity contribution in [3.63, 3.8) is 0 Å². The van der Waals surface area contributed by atoms with Crippen molar-refractivity contribution in [2.75, 3.05) is 25.6 Å². The number of carbonyl (C=O) groups is 2. The third kappa shape index (κ3) is 4.21. The number of rotatable bonds is 5. The van der Waals surface area contributed by atoms with Crippen LogP contribution in [-0.2, 0) is 22.6 Å². The van der Waals surface area contributed by atoms with E-state index in [0.717, 1.165) is 33.8 Å². The second-order valence-corrected chi connectivity index (χ2v) is 9.25. The first-order valence-corrected chi connectivity index (χ1v) is 11.6. The molecule has 0 radical (unpaired) electrons. The van der Waals surface area contributed by atoms with Crippen LogP contribution >= 0.6 is 11.3 Å². The fourth-order valence-corrected chi connectivity index (χ4v) is 5.21. The normalized spacial score (nSPS) is 17.2. The third-order valence-corrected chi connectivity index (χ3v) is 6.94. The quantitative estimate of drug-likeness (QED) is 0.620. The third-order valence-electron chi connectivity index (χ3n) is 5.95. The number of anilines is 1. The van der Waals surface area contributed by atoms with Gasteiger partial charge in [-0.15, -0.1) is 0 Å². The van der Waals surface area contributed by atoms with Crippen LogP contribution in [-0.4, -0.2) is 47.0 Å². The number of aromatic nitrogens is 2. The van der Waals surface area contributed by atoms with Crippen molar-refractivity contribution >= 4 is 28.3 Å². The summed E-state index contributed by atoms with van der Waals surface area (Å²) in [6.07, 6.45) is 2.36. The van der Waals surface area contributed by atoms with Crippen LogP contribution in [0.1, 0.15) is 33.0 Å². The molecule has 170 valence electrons. The molecule has 1 atom stereocenters. The molecule has 3 aromatic rings. The van der Waals surface area contributed by atoms with Gasteiger partial charge in [-0.25, -0.2) is 4.98 Å². The summed E-state index contributed by atoms with van der Waals surface area (Å²) in [6, 6.07) is 9.46. The molecule has 5 rings (SSSR count). The molecule has 8 nitrogen and oxygen atoms in total. The zero-order valence-corrected chi connectivity index (χ0v) is 19.3. The van der Waals surface area contributed by atoms with Gasteiger partial charge in [0.15, 0.2) is 5.13 Å². The highest BCUT2D eigenvalue weighted by Gasteiger charge is 2.33. The number of para-hydroxylation sites is 1. The number of fused-ring (bicyclic) bond motifs is 1. The Balaban J connectivity index is 1.34. The first-order chi connectivity index (χ1) is 16.0. The number of aryl methyl sites for hydroxylation is 1. The van der Waals surface area contributed by atoms with E-state index in [-0.39, 0.29) is 17.7 Å². The second kappa shape index (κ2) is 8.92. The van der Waals surface area contributed by atoms with Gasteiger partial charge in [0.25, 0.3) is 5.91 Å². The Bertz CT molecular complexity index is 1200. The van der Waals surface area contributed by atoms with E-state index in [0.29, 0.717) is 42.7 Å². The standard InChI is InChI=1S/C24H24N4O4S/c1-14-9-17(16-5-3-4-6-20(16)31-2)18(10-25-14)22(29)27-24-26-19-11-28(12-21(19)33-24)23(30)15-7-8-32-13-15/h3-6,9-10,15H,7-8,11-13H2,1-2H3,(H,26,27,29)/t15-/m1/s1. The van der Waals surface area contributed by atoms with E-state index in [1.165, 1.54) is 11.3 Å². The number of amides is 2. The van der Waals surface area contributed by atoms with Crippen LogP contribution < -0.4 is 10.1 Å². The number of benzene rings is 1. The minimum Gasteiger partial charge on any atom is -0.496 e. The predicted molar refractivity (Wildman–Crippen MR) is 124 cm³/mol. The monoisotopic (exact) mass is 464 g/mol. The molecule has 0 saturated carbocycles. The summed E-state index contributed by atoms with van der Waals surface area (Å²) >= 11 is 1.41. The summed E-state index contributed by atoms with van der Waals surface area (Å²) in [5.41, 5.74) is 3.66. The van der Waals surface area contributed by atoms with Gasteiger partial charge in [-0.1, -0.05) is 29.5 Å². The fraction of sp³-hybridized carbons (Fsp3) is 0.333. The Morgan fingerprint density at radius 3 is 2.85 bits per heavy atom. The Hall–Kier alpha value is -3.30. The summed E-state index contributed by atoms with van der Waals surface area (Å²) < 4.78 is 10.8. The van der Waals surface area contributed by atoms with Gasteiger partial charge in [-0.3, -0.25) is 19.9 Å². The van der Waals surface area contributed by atoms with Crippen molar-refractivity contribution in [1.82, 2.24) is 14.9 Å². The van der Waals surface area contributed by atoms with Crippen LogP contribution in [0, 0.1) is 12.8 Å². The predicted octanol–water partition coefficient (Wildman–Crippen LogP) is 3.65. The first-order valence-electron chi connectivity index (χ1n) is 10.8. The fourth-order valence-electron chi connectivity index (χ4n) is 4.23. The summed E-state index contributed by atoms with van der Waals surface area (Å²) in [5, 5.41) is 3.44. The van der Waals surface area contributed by atoms with Crippen LogP contribution in [0.4, 0.5) is 5.13 Å². The summed E-state index contributed by atoms with van der Waals surface area (Å²) in [7, 11) is 1.61. The number of pyridine rings is 1. The van der Waals surface area contributed by atoms with Gasteiger partial charge < -0.3 is 14.4 Å². The van der Waals surface area contributed by atoms with Crippen molar-refractivity contribution in [2.45, 2.75) is 26.4 Å². The van der Waals surface area contributed by atoms with Crippen LogP contribution in [0.3, 0.4) is 0 Å². The van der Waals surface area contributed by atoms with E-state index in [4.69, 9.17) is 9.47 Å². The maximum atomic E-state index is 13.2. The average Bonchev–Trinajstić information content (AvgIpc) is 3.55. The number of methoxy groups -OCH3 is 1. The Morgan fingerprint density at radius 1 is 1.24 bits per heavy atom. The molecule has 1 saturated heterocycles. The van der Waals surface area contributed by atoms with E-state index in [9.17, 15) is 9.59 Å². The van der Waals surface area contributed by atoms with Crippen LogP contribution in [0.15, 0.2) is 36.5 Å². The number of hydrogen-bond donors (Lipinski definition) is 1. The molecule has 33 heavy (non-hydrogen) atoms. The molecule has 1 fully saturated rings. The van der Waals surface area contributed by atoms with Crippen molar-refractivity contribution in [1.29, 1.82) is 0 Å². The zero-order valence-electron chi connectivity index (χ0n) is 18.5. The van der Waals surface area contributed by atoms with Crippen molar-refractivity contribution in [3.8, 4) is 16.9 Å². The highest BCUT2D eigenvalue weighted by atomic mass is 32.1. The van der Waals surface area contributed by atoms with Crippen LogP contribution in [0.25, 0.3) is 11.1 Å². The molecular formula is C24H24N4O4S. The number of nitrogens with zero attached hydrogens (tertiary/aromatic N) is 3. The molecule has 2 aliphatic rings. The Labute approximate surface area is 195 Å². The van der Waals surface area contributed by atoms with E-state index in [1.807, 2.05) is 42.2 Å². The molecule has 2 aliphatic heterocycles. The summed E-state index contributed by atoms with van der Waals surface area (Å²) in [4.78, 5) is 37.6. The van der Waals surface area contributed by atoms with Gasteiger partial charge in [-0.2, -0.15) is 0 Å². The maximum Gasteiger partial charge on any atom is 0.259 e. The van der Waals surface area contributed by atoms with Gasteiger partial charge in [-0.05, 0) is 25.5 Å². The topological polar surface area (TPSA) is 93.6 Å². The molecule has 0 aliphatic carbocycles. The molecule has 9 heteroatoms. The molecule has 1 aromatic carbocycles. The number of nitrogens with one attached hydrogen (secondary N) is 1. The number of hydrogen-bond acceptors (Lipinski definition) is 7. The molecule has 2 aromatic heterocycles. The lowest BCUT2D eigenvalue weighted by Crippen LogP contribution is -2.32. The van der Waals surface area contributed by atoms with Crippen molar-refractivity contribution in [2.24, 2.45) is 5.92 Å². The smallest absolute Gasteiger partial charge is 0.259 e. The van der Waals surface area contributed by atoms with Gasteiger partial charge in [0.1, 0.15) is 5.75 Å². The molecule has 4 heterocycles. The van der Waals surface area contributed by atoms with Crippen molar-refractivity contribution in [3.05, 3.63) is 58.4 Å². The zero-order chi connectivity index (χ0) is 22.9. The number of carbonyl (C=O) groups excluding carboxylic acids is 2. The van der Waals surface area contributed by atoms with E-state index in [2.05, 4.69) is 15.3 Å². The molecule has 1 N–H and O–H groups in total. The van der Waals surface area contributed by atoms with Crippen LogP contribution in [0.2, 0.25) is 0 Å². The van der Waals surface area contributed by atoms with Gasteiger partial charge in [0.2, 0.25) is 5.91 Å². The molecule has 0 spiro atoms. The van der Waals surface area contributed by atoms with Crippen LogP contribution in [0.5, 0.6) is 5.75 Å². The molecule has 2 amide bonds. The maximum absolute atomic E-state index is 13.2. The lowest BCUT2D eigenvalue weighted by molar-refractivity contribution is -0.136. The van der Waals surface area contributed by atoms with Gasteiger partial charge in [0.05, 0.1) is 48.9 Å². The van der Waals surface area contributed by atoms with E-state index < -0.39 is 0 Å². The Morgan fingerprint density at radius 2 is 2.09 bits per heavy atom. The number of thiazole rings is 1. The second-order valence-electron chi connectivity index (χ2n) is 8.17. The average molecular weight is 465 g/mol. The highest BCUT2D eigenvalue weighted by Crippen LogP contribution is 2.35. The summed E-state index contributed by atoms with van der Waals surface area (Å²) in [5.74, 6) is 0.464. The Kier molecular flexibility index (Phi) is 5.82. The number of ether oxygens (including phenoxy) is 2. The minimum atomic E-state index is -0.285. The lowest BCUT2D eigenvalue weighted by atomic mass is 9.99. The largest absolute Gasteiger partial charge is 0.496 e. The summed E-state index contributed by atoms with van der Waals surface area (Å²) in [6.45, 7) is 4.02. The molecular weight excluding hydrogens is 440 g/mol. The highest BCUT2D eigenvalue weighted by molar-refractivity contribution is 7.16. The van der Waals surface area contributed by atoms with Gasteiger partial charge in [0, 0.05) is 29.6 Å². The lowest BCUT2D eigenvalue weighted by Gasteiger charge is -2.18. The molecule has 0 bridgehead atoms. The van der Waals surface area contributed by atoms with E-state index in [1.54, 1.807) is 13.3 Å². The first kappa shape index (κ1) is 21.5.